The van der Waals surface area contributed by atoms with E-state index in [2.05, 4.69) is 20.9 Å². The molecule has 0 radical (unpaired) electrons. The van der Waals surface area contributed by atoms with Gasteiger partial charge in [-0.1, -0.05) is 0 Å². The SMILES string of the molecule is CC(O)c1nc(-c2ccc(F)c(Br)c2)co1. The van der Waals surface area contributed by atoms with Crippen molar-refractivity contribution >= 4 is 15.9 Å². The van der Waals surface area contributed by atoms with E-state index in [1.165, 1.54) is 12.3 Å². The molecule has 0 aliphatic heterocycles. The minimum Gasteiger partial charge on any atom is -0.446 e. The van der Waals surface area contributed by atoms with Gasteiger partial charge in [0.1, 0.15) is 23.9 Å². The molecule has 0 amide bonds. The van der Waals surface area contributed by atoms with E-state index >= 15 is 0 Å². The Kier molecular flexibility index (Phi) is 3.07. The van der Waals surface area contributed by atoms with Gasteiger partial charge >= 0.3 is 0 Å². The Balaban J connectivity index is 2.39. The summed E-state index contributed by atoms with van der Waals surface area (Å²) in [7, 11) is 0. The van der Waals surface area contributed by atoms with Gasteiger partial charge in [-0.15, -0.1) is 0 Å². The van der Waals surface area contributed by atoms with Gasteiger partial charge in [-0.05, 0) is 41.1 Å². The molecule has 16 heavy (non-hydrogen) atoms. The zero-order valence-electron chi connectivity index (χ0n) is 8.45. The summed E-state index contributed by atoms with van der Waals surface area (Å²) in [5.74, 6) is -0.0848. The van der Waals surface area contributed by atoms with Gasteiger partial charge < -0.3 is 9.52 Å². The van der Waals surface area contributed by atoms with Crippen LogP contribution in [0.1, 0.15) is 18.9 Å². The molecular weight excluding hydrogens is 277 g/mol. The van der Waals surface area contributed by atoms with Gasteiger partial charge in [0.05, 0.1) is 4.47 Å². The maximum Gasteiger partial charge on any atom is 0.223 e. The molecule has 1 aromatic carbocycles. The molecule has 2 aromatic rings. The van der Waals surface area contributed by atoms with Crippen molar-refractivity contribution in [2.45, 2.75) is 13.0 Å². The smallest absolute Gasteiger partial charge is 0.223 e. The number of hydrogen-bond donors (Lipinski definition) is 1. The summed E-state index contributed by atoms with van der Waals surface area (Å²) < 4.78 is 18.5. The summed E-state index contributed by atoms with van der Waals surface area (Å²) in [6.07, 6.45) is 0.680. The molecule has 1 unspecified atom stereocenters. The fourth-order valence-corrected chi connectivity index (χ4v) is 1.65. The summed E-state index contributed by atoms with van der Waals surface area (Å²) in [4.78, 5) is 4.09. The summed E-state index contributed by atoms with van der Waals surface area (Å²) in [5, 5.41) is 9.26. The highest BCUT2D eigenvalue weighted by Gasteiger charge is 2.11. The maximum atomic E-state index is 13.0. The van der Waals surface area contributed by atoms with E-state index in [0.717, 1.165) is 5.56 Å². The van der Waals surface area contributed by atoms with Gasteiger partial charge in [-0.3, -0.25) is 0 Å². The third-order valence-corrected chi connectivity index (χ3v) is 2.70. The molecule has 1 heterocycles. The molecule has 0 spiro atoms. The van der Waals surface area contributed by atoms with E-state index < -0.39 is 6.10 Å². The van der Waals surface area contributed by atoms with Gasteiger partial charge in [0, 0.05) is 5.56 Å². The van der Waals surface area contributed by atoms with E-state index in [9.17, 15) is 9.50 Å². The Morgan fingerprint density at radius 2 is 2.25 bits per heavy atom. The van der Waals surface area contributed by atoms with Crippen LogP contribution in [0.25, 0.3) is 11.3 Å². The third kappa shape index (κ3) is 2.15. The average molecular weight is 286 g/mol. The Hall–Kier alpha value is -1.20. The Labute approximate surface area is 100 Å². The van der Waals surface area contributed by atoms with E-state index in [4.69, 9.17) is 4.42 Å². The number of aliphatic hydroxyl groups excluding tert-OH is 1. The van der Waals surface area contributed by atoms with Crippen molar-refractivity contribution in [2.75, 3.05) is 0 Å². The number of nitrogens with zero attached hydrogens (tertiary/aromatic N) is 1. The summed E-state index contributed by atoms with van der Waals surface area (Å²) in [6.45, 7) is 1.57. The molecule has 0 fully saturated rings. The van der Waals surface area contributed by atoms with Crippen molar-refractivity contribution in [3.05, 3.63) is 40.6 Å². The van der Waals surface area contributed by atoms with Crippen LogP contribution in [0.4, 0.5) is 4.39 Å². The van der Waals surface area contributed by atoms with E-state index in [1.807, 2.05) is 0 Å². The van der Waals surface area contributed by atoms with Crippen LogP contribution >= 0.6 is 15.9 Å². The summed E-state index contributed by atoms with van der Waals surface area (Å²) in [5.41, 5.74) is 1.29. The quantitative estimate of drug-likeness (QED) is 0.921. The number of aromatic nitrogens is 1. The fraction of sp³-hybridized carbons (Fsp3) is 0.182. The van der Waals surface area contributed by atoms with E-state index in [0.29, 0.717) is 10.2 Å². The number of hydrogen-bond acceptors (Lipinski definition) is 3. The fourth-order valence-electron chi connectivity index (χ4n) is 1.27. The van der Waals surface area contributed by atoms with Crippen LogP contribution in [-0.2, 0) is 0 Å². The number of aliphatic hydroxyl groups is 1. The Morgan fingerprint density at radius 1 is 1.50 bits per heavy atom. The zero-order valence-corrected chi connectivity index (χ0v) is 10.0. The highest BCUT2D eigenvalue weighted by molar-refractivity contribution is 9.10. The number of benzene rings is 1. The zero-order chi connectivity index (χ0) is 11.7. The minimum absolute atomic E-state index is 0.246. The Bertz CT molecular complexity index is 510. The lowest BCUT2D eigenvalue weighted by molar-refractivity contribution is 0.163. The lowest BCUT2D eigenvalue weighted by atomic mass is 10.2. The largest absolute Gasteiger partial charge is 0.446 e. The molecule has 3 nitrogen and oxygen atoms in total. The van der Waals surface area contributed by atoms with Crippen molar-refractivity contribution in [3.8, 4) is 11.3 Å². The number of oxazole rings is 1. The topological polar surface area (TPSA) is 46.3 Å². The second-order valence-electron chi connectivity index (χ2n) is 3.38. The highest BCUT2D eigenvalue weighted by atomic mass is 79.9. The molecule has 1 N–H and O–H groups in total. The predicted molar refractivity (Wildman–Crippen MR) is 60.2 cm³/mol. The first-order valence-corrected chi connectivity index (χ1v) is 5.46. The summed E-state index contributed by atoms with van der Waals surface area (Å²) in [6, 6.07) is 4.55. The monoisotopic (exact) mass is 285 g/mol. The van der Waals surface area contributed by atoms with Crippen LogP contribution < -0.4 is 0 Å². The Morgan fingerprint density at radius 3 is 2.81 bits per heavy atom. The van der Waals surface area contributed by atoms with Gasteiger partial charge in [0.2, 0.25) is 5.89 Å². The van der Waals surface area contributed by atoms with Crippen LogP contribution in [0, 0.1) is 5.82 Å². The molecule has 0 aliphatic rings. The van der Waals surface area contributed by atoms with Gasteiger partial charge in [0.15, 0.2) is 0 Å². The second kappa shape index (κ2) is 4.35. The van der Waals surface area contributed by atoms with Gasteiger partial charge in [-0.2, -0.15) is 0 Å². The summed E-state index contributed by atoms with van der Waals surface area (Å²) >= 11 is 3.10. The maximum absolute atomic E-state index is 13.0. The number of halogens is 2. The highest BCUT2D eigenvalue weighted by Crippen LogP contribution is 2.25. The van der Waals surface area contributed by atoms with E-state index in [1.54, 1.807) is 19.1 Å². The van der Waals surface area contributed by atoms with Gasteiger partial charge in [0.25, 0.3) is 0 Å². The lowest BCUT2D eigenvalue weighted by Crippen LogP contribution is -1.90. The minimum atomic E-state index is -0.752. The van der Waals surface area contributed by atoms with E-state index in [-0.39, 0.29) is 11.7 Å². The molecule has 1 atom stereocenters. The molecule has 0 saturated carbocycles. The third-order valence-electron chi connectivity index (χ3n) is 2.09. The van der Waals surface area contributed by atoms with Crippen LogP contribution in [0.3, 0.4) is 0 Å². The van der Waals surface area contributed by atoms with Crippen molar-refractivity contribution in [3.63, 3.8) is 0 Å². The standard InChI is InChI=1S/C11H9BrFNO2/c1-6(15)11-14-10(5-16-11)7-2-3-9(13)8(12)4-7/h2-6,15H,1H3. The van der Waals surface area contributed by atoms with Crippen molar-refractivity contribution in [1.29, 1.82) is 0 Å². The molecule has 84 valence electrons. The predicted octanol–water partition coefficient (Wildman–Crippen LogP) is 3.30. The first kappa shape index (κ1) is 11.3. The first-order chi connectivity index (χ1) is 7.58. The molecule has 0 aliphatic carbocycles. The van der Waals surface area contributed by atoms with Crippen LogP contribution in [0.15, 0.2) is 33.4 Å². The second-order valence-corrected chi connectivity index (χ2v) is 4.23. The molecule has 0 bridgehead atoms. The van der Waals surface area contributed by atoms with Crippen molar-refractivity contribution < 1.29 is 13.9 Å². The molecule has 0 saturated heterocycles. The number of rotatable bonds is 2. The molecule has 2 rings (SSSR count). The van der Waals surface area contributed by atoms with Crippen LogP contribution in [0.5, 0.6) is 0 Å². The normalized spacial score (nSPS) is 12.8. The molecule has 1 aromatic heterocycles. The van der Waals surface area contributed by atoms with Crippen LogP contribution in [-0.4, -0.2) is 10.1 Å². The first-order valence-electron chi connectivity index (χ1n) is 4.67. The van der Waals surface area contributed by atoms with Crippen LogP contribution in [0.2, 0.25) is 0 Å². The van der Waals surface area contributed by atoms with Crippen molar-refractivity contribution in [2.24, 2.45) is 0 Å². The molecular formula is C11H9BrFNO2. The van der Waals surface area contributed by atoms with Gasteiger partial charge in [-0.25, -0.2) is 9.37 Å². The molecule has 5 heteroatoms. The average Bonchev–Trinajstić information content (AvgIpc) is 2.71. The van der Waals surface area contributed by atoms with Crippen molar-refractivity contribution in [1.82, 2.24) is 4.98 Å². The lowest BCUT2D eigenvalue weighted by Gasteiger charge is -1.98.